The number of nitro benzene ring substituents is 1. The number of nitrogens with one attached hydrogen (secondary N) is 2. The average Bonchev–Trinajstić information content (AvgIpc) is 2.78. The van der Waals surface area contributed by atoms with E-state index < -0.39 is 14.9 Å². The highest BCUT2D eigenvalue weighted by Gasteiger charge is 2.23. The van der Waals surface area contributed by atoms with Crippen molar-refractivity contribution >= 4 is 32.8 Å². The highest BCUT2D eigenvalue weighted by molar-refractivity contribution is 7.92. The first-order chi connectivity index (χ1) is 14.8. The van der Waals surface area contributed by atoms with Gasteiger partial charge in [-0.25, -0.2) is 8.42 Å². The molecule has 0 radical (unpaired) electrons. The summed E-state index contributed by atoms with van der Waals surface area (Å²) >= 11 is 0. The van der Waals surface area contributed by atoms with E-state index >= 15 is 0 Å². The minimum atomic E-state index is -4.17. The number of aromatic nitrogens is 1. The van der Waals surface area contributed by atoms with Gasteiger partial charge < -0.3 is 4.74 Å². The standard InChI is InChI=1S/C20H19N5O5S/c1-14(15-4-3-11-21-13-15)22-23-19-10-7-17(25(26)27)12-20(19)31(28,29)24-16-5-8-18(30-2)9-6-16/h3-13,23-24H,1-2H3/b22-14+. The lowest BCUT2D eigenvalue weighted by Gasteiger charge is -2.13. The van der Waals surface area contributed by atoms with Crippen LogP contribution in [0.5, 0.6) is 5.75 Å². The van der Waals surface area contributed by atoms with E-state index in [1.165, 1.54) is 31.4 Å². The van der Waals surface area contributed by atoms with Gasteiger partial charge in [0.2, 0.25) is 0 Å². The molecule has 3 rings (SSSR count). The topological polar surface area (TPSA) is 136 Å². The molecule has 0 atom stereocenters. The Hall–Kier alpha value is -3.99. The van der Waals surface area contributed by atoms with E-state index in [4.69, 9.17) is 4.74 Å². The van der Waals surface area contributed by atoms with E-state index in [0.717, 1.165) is 11.6 Å². The fourth-order valence-corrected chi connectivity index (χ4v) is 3.83. The van der Waals surface area contributed by atoms with Crippen LogP contribution >= 0.6 is 0 Å². The molecule has 0 fully saturated rings. The van der Waals surface area contributed by atoms with Crippen LogP contribution in [0, 0.1) is 10.1 Å². The molecule has 0 unspecified atom stereocenters. The lowest BCUT2D eigenvalue weighted by molar-refractivity contribution is -0.385. The van der Waals surface area contributed by atoms with Crippen molar-refractivity contribution in [3.8, 4) is 5.75 Å². The molecule has 2 N–H and O–H groups in total. The van der Waals surface area contributed by atoms with Crippen molar-refractivity contribution in [1.29, 1.82) is 0 Å². The van der Waals surface area contributed by atoms with E-state index in [0.29, 0.717) is 11.5 Å². The summed E-state index contributed by atoms with van der Waals surface area (Å²) in [4.78, 5) is 14.2. The quantitative estimate of drug-likeness (QED) is 0.309. The predicted octanol–water partition coefficient (Wildman–Crippen LogP) is 3.64. The molecule has 2 aromatic carbocycles. The highest BCUT2D eigenvalue weighted by Crippen LogP contribution is 2.29. The maximum Gasteiger partial charge on any atom is 0.270 e. The summed E-state index contributed by atoms with van der Waals surface area (Å²) in [6.45, 7) is 1.72. The number of hydrogen-bond acceptors (Lipinski definition) is 8. The molecule has 0 aliphatic carbocycles. The van der Waals surface area contributed by atoms with Gasteiger partial charge in [-0.3, -0.25) is 25.2 Å². The van der Waals surface area contributed by atoms with Crippen LogP contribution in [-0.4, -0.2) is 31.1 Å². The van der Waals surface area contributed by atoms with E-state index in [9.17, 15) is 18.5 Å². The lowest BCUT2D eigenvalue weighted by Crippen LogP contribution is -2.15. The number of anilines is 2. The van der Waals surface area contributed by atoms with Crippen molar-refractivity contribution in [1.82, 2.24) is 4.98 Å². The summed E-state index contributed by atoms with van der Waals surface area (Å²) in [7, 11) is -2.68. The van der Waals surface area contributed by atoms with Crippen LogP contribution in [0.25, 0.3) is 0 Å². The van der Waals surface area contributed by atoms with Crippen molar-refractivity contribution in [2.75, 3.05) is 17.3 Å². The zero-order valence-corrected chi connectivity index (χ0v) is 17.5. The van der Waals surface area contributed by atoms with Gasteiger partial charge in [0, 0.05) is 35.8 Å². The van der Waals surface area contributed by atoms with Crippen LogP contribution in [0.2, 0.25) is 0 Å². The monoisotopic (exact) mass is 441 g/mol. The van der Waals surface area contributed by atoms with Crippen molar-refractivity contribution in [2.45, 2.75) is 11.8 Å². The molecule has 0 bridgehead atoms. The molecule has 11 heteroatoms. The summed E-state index contributed by atoms with van der Waals surface area (Å²) in [6, 6.07) is 13.2. The highest BCUT2D eigenvalue weighted by atomic mass is 32.2. The molecule has 3 aromatic rings. The van der Waals surface area contributed by atoms with Crippen molar-refractivity contribution < 1.29 is 18.1 Å². The van der Waals surface area contributed by atoms with Crippen molar-refractivity contribution in [2.24, 2.45) is 5.10 Å². The maximum absolute atomic E-state index is 13.0. The number of nitrogens with zero attached hydrogens (tertiary/aromatic N) is 3. The number of hydrogen-bond donors (Lipinski definition) is 2. The van der Waals surface area contributed by atoms with Gasteiger partial charge in [-0.15, -0.1) is 0 Å². The van der Waals surface area contributed by atoms with Gasteiger partial charge in [-0.2, -0.15) is 5.10 Å². The summed E-state index contributed by atoms with van der Waals surface area (Å²) in [6.07, 6.45) is 3.23. The number of sulfonamides is 1. The van der Waals surface area contributed by atoms with Crippen molar-refractivity contribution in [3.63, 3.8) is 0 Å². The Morgan fingerprint density at radius 1 is 1.16 bits per heavy atom. The molecular formula is C20H19N5O5S. The molecular weight excluding hydrogens is 422 g/mol. The number of pyridine rings is 1. The third kappa shape index (κ3) is 5.34. The molecule has 0 aliphatic rings. The minimum absolute atomic E-state index is 0.0786. The first kappa shape index (κ1) is 21.7. The summed E-state index contributed by atoms with van der Waals surface area (Å²) in [5.41, 5.74) is 3.96. The molecule has 0 saturated carbocycles. The molecule has 0 amide bonds. The van der Waals surface area contributed by atoms with E-state index in [1.54, 1.807) is 43.6 Å². The second kappa shape index (κ2) is 9.22. The first-order valence-electron chi connectivity index (χ1n) is 8.96. The normalized spacial score (nSPS) is 11.6. The fraction of sp³-hybridized carbons (Fsp3) is 0.100. The number of rotatable bonds is 8. The van der Waals surface area contributed by atoms with Crippen LogP contribution in [0.4, 0.5) is 17.1 Å². The Bertz CT molecular complexity index is 1210. The zero-order chi connectivity index (χ0) is 22.4. The largest absolute Gasteiger partial charge is 0.497 e. The Morgan fingerprint density at radius 2 is 1.90 bits per heavy atom. The third-order valence-electron chi connectivity index (χ3n) is 4.23. The Balaban J connectivity index is 1.96. The molecule has 31 heavy (non-hydrogen) atoms. The number of non-ortho nitro benzene ring substituents is 1. The van der Waals surface area contributed by atoms with Crippen LogP contribution < -0.4 is 14.9 Å². The van der Waals surface area contributed by atoms with Gasteiger partial charge in [0.25, 0.3) is 15.7 Å². The third-order valence-corrected chi connectivity index (χ3v) is 5.65. The van der Waals surface area contributed by atoms with Crippen LogP contribution in [0.15, 0.2) is 77.0 Å². The van der Waals surface area contributed by atoms with Crippen LogP contribution in [0.1, 0.15) is 12.5 Å². The SMILES string of the molecule is COc1ccc(NS(=O)(=O)c2cc([N+](=O)[O-])ccc2N/N=C(\C)c2cccnc2)cc1. The molecule has 0 aliphatic heterocycles. The minimum Gasteiger partial charge on any atom is -0.497 e. The van der Waals surface area contributed by atoms with Gasteiger partial charge in [0.15, 0.2) is 0 Å². The number of benzene rings is 2. The summed E-state index contributed by atoms with van der Waals surface area (Å²) in [5, 5.41) is 15.4. The zero-order valence-electron chi connectivity index (χ0n) is 16.6. The molecule has 0 saturated heterocycles. The van der Waals surface area contributed by atoms with Crippen LogP contribution in [-0.2, 0) is 10.0 Å². The van der Waals surface area contributed by atoms with E-state index in [2.05, 4.69) is 20.2 Å². The van der Waals surface area contributed by atoms with Crippen molar-refractivity contribution in [3.05, 3.63) is 82.7 Å². The number of ether oxygens (including phenoxy) is 1. The van der Waals surface area contributed by atoms with Gasteiger partial charge in [0.05, 0.1) is 23.4 Å². The second-order valence-electron chi connectivity index (χ2n) is 6.32. The number of hydrazone groups is 1. The van der Waals surface area contributed by atoms with Gasteiger partial charge in [-0.1, -0.05) is 6.07 Å². The lowest BCUT2D eigenvalue weighted by atomic mass is 10.2. The van der Waals surface area contributed by atoms with Gasteiger partial charge in [-0.05, 0) is 43.3 Å². The van der Waals surface area contributed by atoms with Crippen LogP contribution in [0.3, 0.4) is 0 Å². The predicted molar refractivity (Wildman–Crippen MR) is 117 cm³/mol. The average molecular weight is 441 g/mol. The Morgan fingerprint density at radius 3 is 2.52 bits per heavy atom. The Labute approximate surface area is 178 Å². The molecule has 10 nitrogen and oxygen atoms in total. The maximum atomic E-state index is 13.0. The summed E-state index contributed by atoms with van der Waals surface area (Å²) < 4.78 is 33.5. The fourth-order valence-electron chi connectivity index (χ4n) is 2.59. The second-order valence-corrected chi connectivity index (χ2v) is 7.97. The van der Waals surface area contributed by atoms with E-state index in [1.807, 2.05) is 0 Å². The van der Waals surface area contributed by atoms with E-state index in [-0.39, 0.29) is 22.0 Å². The molecule has 1 aromatic heterocycles. The smallest absolute Gasteiger partial charge is 0.270 e. The summed E-state index contributed by atoms with van der Waals surface area (Å²) in [5.74, 6) is 0.556. The number of nitro groups is 1. The molecule has 1 heterocycles. The first-order valence-corrected chi connectivity index (χ1v) is 10.4. The molecule has 160 valence electrons. The van der Waals surface area contributed by atoms with Gasteiger partial charge in [0.1, 0.15) is 10.6 Å². The number of methoxy groups -OCH3 is 1. The Kier molecular flexibility index (Phi) is 6.46. The molecule has 0 spiro atoms. The van der Waals surface area contributed by atoms with Gasteiger partial charge >= 0.3 is 0 Å².